The first kappa shape index (κ1) is 10.6. The highest BCUT2D eigenvalue weighted by atomic mass is 16.3. The summed E-state index contributed by atoms with van der Waals surface area (Å²) in [5, 5.41) is 10.6. The molecule has 0 bridgehead atoms. The predicted molar refractivity (Wildman–Crippen MR) is 60.5 cm³/mol. The normalized spacial score (nSPS) is 29.3. The summed E-state index contributed by atoms with van der Waals surface area (Å²) < 4.78 is 0. The Morgan fingerprint density at radius 3 is 2.73 bits per heavy atom. The van der Waals surface area contributed by atoms with Gasteiger partial charge in [-0.1, -0.05) is 19.9 Å². The fraction of sp³-hybridized carbons (Fsp3) is 0.615. The molecule has 1 saturated carbocycles. The molecule has 1 heterocycles. The van der Waals surface area contributed by atoms with Gasteiger partial charge in [-0.2, -0.15) is 0 Å². The molecule has 1 aliphatic carbocycles. The molecule has 1 fully saturated rings. The van der Waals surface area contributed by atoms with E-state index in [-0.39, 0.29) is 5.41 Å². The molecule has 0 spiro atoms. The summed E-state index contributed by atoms with van der Waals surface area (Å²) in [5.41, 5.74) is 0.619. The Labute approximate surface area is 91.4 Å². The van der Waals surface area contributed by atoms with Crippen LogP contribution in [-0.2, 0) is 6.42 Å². The van der Waals surface area contributed by atoms with E-state index >= 15 is 0 Å². The fourth-order valence-corrected chi connectivity index (χ4v) is 2.56. The van der Waals surface area contributed by atoms with E-state index in [0.29, 0.717) is 0 Å². The Balaban J connectivity index is 2.18. The first-order valence-electron chi connectivity index (χ1n) is 5.65. The summed E-state index contributed by atoms with van der Waals surface area (Å²) >= 11 is 0. The standard InChI is InChI=1S/C13H19NO/c1-12(2)6-4-7-13(12,15)9-11-5-3-8-14-10-11/h3,5,8,10,15H,4,6-7,9H2,1-2H3. The van der Waals surface area contributed by atoms with Crippen LogP contribution in [0.3, 0.4) is 0 Å². The lowest BCUT2D eigenvalue weighted by Gasteiger charge is -2.36. The maximum atomic E-state index is 10.6. The van der Waals surface area contributed by atoms with Gasteiger partial charge in [-0.15, -0.1) is 0 Å². The van der Waals surface area contributed by atoms with Gasteiger partial charge in [0.25, 0.3) is 0 Å². The topological polar surface area (TPSA) is 33.1 Å². The first-order chi connectivity index (χ1) is 7.04. The van der Waals surface area contributed by atoms with Gasteiger partial charge in [0.1, 0.15) is 0 Å². The number of hydrogen-bond donors (Lipinski definition) is 1. The molecule has 2 nitrogen and oxygen atoms in total. The number of aliphatic hydroxyl groups is 1. The molecule has 0 aliphatic heterocycles. The van der Waals surface area contributed by atoms with Gasteiger partial charge >= 0.3 is 0 Å². The van der Waals surface area contributed by atoms with Crippen molar-refractivity contribution in [3.8, 4) is 0 Å². The molecule has 1 atom stereocenters. The fourth-order valence-electron chi connectivity index (χ4n) is 2.56. The number of rotatable bonds is 2. The third-order valence-electron chi connectivity index (χ3n) is 3.87. The van der Waals surface area contributed by atoms with E-state index in [4.69, 9.17) is 0 Å². The summed E-state index contributed by atoms with van der Waals surface area (Å²) in [6, 6.07) is 3.97. The van der Waals surface area contributed by atoms with Crippen LogP contribution in [0.2, 0.25) is 0 Å². The monoisotopic (exact) mass is 205 g/mol. The van der Waals surface area contributed by atoms with Crippen LogP contribution < -0.4 is 0 Å². The molecule has 2 heteroatoms. The molecule has 15 heavy (non-hydrogen) atoms. The molecule has 1 unspecified atom stereocenters. The van der Waals surface area contributed by atoms with E-state index in [1.165, 1.54) is 0 Å². The summed E-state index contributed by atoms with van der Waals surface area (Å²) in [4.78, 5) is 4.09. The van der Waals surface area contributed by atoms with Crippen LogP contribution in [0.4, 0.5) is 0 Å². The lowest BCUT2D eigenvalue weighted by Crippen LogP contribution is -2.41. The number of hydrogen-bond acceptors (Lipinski definition) is 2. The minimum absolute atomic E-state index is 0.0306. The highest BCUT2D eigenvalue weighted by Gasteiger charge is 2.47. The summed E-state index contributed by atoms with van der Waals surface area (Å²) in [7, 11) is 0. The van der Waals surface area contributed by atoms with Crippen molar-refractivity contribution in [3.63, 3.8) is 0 Å². The minimum atomic E-state index is -0.546. The van der Waals surface area contributed by atoms with Crippen molar-refractivity contribution in [1.29, 1.82) is 0 Å². The van der Waals surface area contributed by atoms with Crippen LogP contribution in [0.25, 0.3) is 0 Å². The van der Waals surface area contributed by atoms with Gasteiger partial charge in [-0.05, 0) is 36.3 Å². The SMILES string of the molecule is CC1(C)CCCC1(O)Cc1cccnc1. The molecular formula is C13H19NO. The smallest absolute Gasteiger partial charge is 0.0739 e. The van der Waals surface area contributed by atoms with E-state index in [1.807, 2.05) is 18.3 Å². The molecular weight excluding hydrogens is 186 g/mol. The Kier molecular flexibility index (Phi) is 2.55. The van der Waals surface area contributed by atoms with Crippen LogP contribution in [0.15, 0.2) is 24.5 Å². The largest absolute Gasteiger partial charge is 0.389 e. The van der Waals surface area contributed by atoms with E-state index in [2.05, 4.69) is 18.8 Å². The maximum Gasteiger partial charge on any atom is 0.0739 e. The quantitative estimate of drug-likeness (QED) is 0.805. The van der Waals surface area contributed by atoms with Gasteiger partial charge in [-0.3, -0.25) is 4.98 Å². The maximum absolute atomic E-state index is 10.6. The van der Waals surface area contributed by atoms with E-state index in [1.54, 1.807) is 6.20 Å². The van der Waals surface area contributed by atoms with Crippen molar-refractivity contribution < 1.29 is 5.11 Å². The van der Waals surface area contributed by atoms with Gasteiger partial charge in [0.05, 0.1) is 5.60 Å². The van der Waals surface area contributed by atoms with Crippen LogP contribution >= 0.6 is 0 Å². The molecule has 1 aromatic heterocycles. The van der Waals surface area contributed by atoms with Crippen LogP contribution in [0, 0.1) is 5.41 Å². The number of aromatic nitrogens is 1. The van der Waals surface area contributed by atoms with Crippen molar-refractivity contribution in [2.75, 3.05) is 0 Å². The van der Waals surface area contributed by atoms with Crippen LogP contribution in [0.5, 0.6) is 0 Å². The van der Waals surface area contributed by atoms with Crippen LogP contribution in [0.1, 0.15) is 38.7 Å². The zero-order valence-electron chi connectivity index (χ0n) is 9.53. The molecule has 0 aromatic carbocycles. The van der Waals surface area contributed by atoms with Gasteiger partial charge < -0.3 is 5.11 Å². The lowest BCUT2D eigenvalue weighted by atomic mass is 9.74. The molecule has 0 saturated heterocycles. The molecule has 1 aromatic rings. The van der Waals surface area contributed by atoms with Gasteiger partial charge in [0.2, 0.25) is 0 Å². The molecule has 0 amide bonds. The third kappa shape index (κ3) is 1.91. The molecule has 1 N–H and O–H groups in total. The first-order valence-corrected chi connectivity index (χ1v) is 5.65. The summed E-state index contributed by atoms with van der Waals surface area (Å²) in [6.45, 7) is 4.33. The lowest BCUT2D eigenvalue weighted by molar-refractivity contribution is -0.0420. The molecule has 1 aliphatic rings. The van der Waals surface area contributed by atoms with Gasteiger partial charge in [0.15, 0.2) is 0 Å². The second-order valence-electron chi connectivity index (χ2n) is 5.31. The van der Waals surface area contributed by atoms with E-state index in [0.717, 1.165) is 31.2 Å². The number of nitrogens with zero attached hydrogens (tertiary/aromatic N) is 1. The van der Waals surface area contributed by atoms with Gasteiger partial charge in [-0.25, -0.2) is 0 Å². The van der Waals surface area contributed by atoms with Crippen molar-refractivity contribution >= 4 is 0 Å². The Morgan fingerprint density at radius 1 is 1.40 bits per heavy atom. The zero-order chi connectivity index (χ0) is 10.9. The van der Waals surface area contributed by atoms with E-state index in [9.17, 15) is 5.11 Å². The summed E-state index contributed by atoms with van der Waals surface area (Å²) in [6.07, 6.45) is 7.51. The second kappa shape index (κ2) is 3.60. The average Bonchev–Trinajstić information content (AvgIpc) is 2.43. The second-order valence-corrected chi connectivity index (χ2v) is 5.31. The van der Waals surface area contributed by atoms with Crippen molar-refractivity contribution in [3.05, 3.63) is 30.1 Å². The van der Waals surface area contributed by atoms with Crippen molar-refractivity contribution in [2.24, 2.45) is 5.41 Å². The van der Waals surface area contributed by atoms with Crippen LogP contribution in [-0.4, -0.2) is 15.7 Å². The Bertz CT molecular complexity index is 334. The molecule has 82 valence electrons. The predicted octanol–water partition coefficient (Wildman–Crippen LogP) is 2.57. The minimum Gasteiger partial charge on any atom is -0.389 e. The highest BCUT2D eigenvalue weighted by molar-refractivity contribution is 5.15. The average molecular weight is 205 g/mol. The van der Waals surface area contributed by atoms with Gasteiger partial charge in [0, 0.05) is 18.8 Å². The van der Waals surface area contributed by atoms with Crippen molar-refractivity contribution in [2.45, 2.75) is 45.1 Å². The van der Waals surface area contributed by atoms with E-state index < -0.39 is 5.60 Å². The highest BCUT2D eigenvalue weighted by Crippen LogP contribution is 2.47. The zero-order valence-corrected chi connectivity index (χ0v) is 9.53. The molecule has 2 rings (SSSR count). The number of pyridine rings is 1. The Morgan fingerprint density at radius 2 is 2.20 bits per heavy atom. The summed E-state index contributed by atoms with van der Waals surface area (Å²) in [5.74, 6) is 0. The molecule has 0 radical (unpaired) electrons. The third-order valence-corrected chi connectivity index (χ3v) is 3.87. The van der Waals surface area contributed by atoms with Crippen molar-refractivity contribution in [1.82, 2.24) is 4.98 Å². The Hall–Kier alpha value is -0.890.